The minimum absolute atomic E-state index is 0.175. The summed E-state index contributed by atoms with van der Waals surface area (Å²) in [6.45, 7) is 2.92. The van der Waals surface area contributed by atoms with E-state index in [0.717, 1.165) is 6.42 Å². The highest BCUT2D eigenvalue weighted by Gasteiger charge is 2.07. The number of amides is 1. The predicted molar refractivity (Wildman–Crippen MR) is 62.2 cm³/mol. The molecular weight excluding hydrogens is 204 g/mol. The lowest BCUT2D eigenvalue weighted by atomic mass is 10.1. The van der Waals surface area contributed by atoms with Gasteiger partial charge in [0.05, 0.1) is 6.20 Å². The molecule has 0 aromatic carbocycles. The second kappa shape index (κ2) is 7.91. The number of rotatable bonds is 8. The summed E-state index contributed by atoms with van der Waals surface area (Å²) < 4.78 is 4.74. The van der Waals surface area contributed by atoms with Gasteiger partial charge in [0.2, 0.25) is 5.76 Å². The van der Waals surface area contributed by atoms with Crippen molar-refractivity contribution in [1.29, 1.82) is 0 Å². The van der Waals surface area contributed by atoms with Gasteiger partial charge in [-0.3, -0.25) is 4.79 Å². The fraction of sp³-hybridized carbons (Fsp3) is 0.667. The van der Waals surface area contributed by atoms with Crippen LogP contribution in [0.3, 0.4) is 0 Å². The van der Waals surface area contributed by atoms with Crippen LogP contribution in [0, 0.1) is 0 Å². The lowest BCUT2D eigenvalue weighted by Gasteiger charge is -2.02. The largest absolute Gasteiger partial charge is 0.351 e. The third kappa shape index (κ3) is 4.96. The van der Waals surface area contributed by atoms with Gasteiger partial charge in [-0.1, -0.05) is 44.2 Å². The molecule has 1 rings (SSSR count). The smallest absolute Gasteiger partial charge is 0.289 e. The molecule has 0 unspecified atom stereocenters. The van der Waals surface area contributed by atoms with E-state index in [2.05, 4.69) is 17.4 Å². The van der Waals surface area contributed by atoms with Crippen molar-refractivity contribution in [1.82, 2.24) is 10.5 Å². The molecule has 0 aliphatic carbocycles. The van der Waals surface area contributed by atoms with E-state index in [1.165, 1.54) is 38.3 Å². The zero-order chi connectivity index (χ0) is 11.6. The highest BCUT2D eigenvalue weighted by molar-refractivity contribution is 5.91. The van der Waals surface area contributed by atoms with Gasteiger partial charge in [-0.15, -0.1) is 0 Å². The van der Waals surface area contributed by atoms with Crippen molar-refractivity contribution in [3.63, 3.8) is 0 Å². The highest BCUT2D eigenvalue weighted by atomic mass is 16.5. The second-order valence-electron chi connectivity index (χ2n) is 3.90. The minimum Gasteiger partial charge on any atom is -0.351 e. The third-order valence-electron chi connectivity index (χ3n) is 2.48. The molecule has 0 fully saturated rings. The number of hydrogen-bond acceptors (Lipinski definition) is 3. The van der Waals surface area contributed by atoms with Crippen molar-refractivity contribution >= 4 is 5.91 Å². The predicted octanol–water partition coefficient (Wildman–Crippen LogP) is 2.76. The fourth-order valence-electron chi connectivity index (χ4n) is 1.53. The monoisotopic (exact) mass is 224 g/mol. The summed E-state index contributed by atoms with van der Waals surface area (Å²) in [5.41, 5.74) is 0. The Morgan fingerprint density at radius 3 is 2.75 bits per heavy atom. The topological polar surface area (TPSA) is 55.1 Å². The summed E-state index contributed by atoms with van der Waals surface area (Å²) >= 11 is 0. The number of hydrogen-bond donors (Lipinski definition) is 1. The van der Waals surface area contributed by atoms with Gasteiger partial charge in [0.25, 0.3) is 5.91 Å². The van der Waals surface area contributed by atoms with Gasteiger partial charge in [0.15, 0.2) is 0 Å². The van der Waals surface area contributed by atoms with Gasteiger partial charge in [-0.05, 0) is 6.42 Å². The molecule has 4 nitrogen and oxygen atoms in total. The standard InChI is InChI=1S/C12H20N2O2/c1-2-3-4-5-6-7-9-13-12(15)11-8-10-14-16-11/h8,10H,2-7,9H2,1H3,(H,13,15). The van der Waals surface area contributed by atoms with E-state index < -0.39 is 0 Å². The molecule has 0 aliphatic heterocycles. The average molecular weight is 224 g/mol. The quantitative estimate of drug-likeness (QED) is 0.691. The lowest BCUT2D eigenvalue weighted by molar-refractivity contribution is 0.0916. The van der Waals surface area contributed by atoms with Crippen molar-refractivity contribution < 1.29 is 9.32 Å². The molecule has 1 aromatic rings. The van der Waals surface area contributed by atoms with E-state index in [4.69, 9.17) is 4.52 Å². The number of nitrogens with one attached hydrogen (secondary N) is 1. The van der Waals surface area contributed by atoms with Crippen LogP contribution in [0.2, 0.25) is 0 Å². The first-order valence-electron chi connectivity index (χ1n) is 6.03. The summed E-state index contributed by atoms with van der Waals surface area (Å²) in [7, 11) is 0. The van der Waals surface area contributed by atoms with Gasteiger partial charge in [0.1, 0.15) is 0 Å². The maximum Gasteiger partial charge on any atom is 0.289 e. The Kier molecular flexibility index (Phi) is 6.30. The Morgan fingerprint density at radius 1 is 1.31 bits per heavy atom. The molecule has 4 heteroatoms. The van der Waals surface area contributed by atoms with Crippen LogP contribution in [0.5, 0.6) is 0 Å². The van der Waals surface area contributed by atoms with Crippen LogP contribution in [0.15, 0.2) is 16.8 Å². The molecule has 0 saturated carbocycles. The Balaban J connectivity index is 1.97. The molecule has 1 aromatic heterocycles. The number of nitrogens with zero attached hydrogens (tertiary/aromatic N) is 1. The van der Waals surface area contributed by atoms with Crippen LogP contribution < -0.4 is 5.32 Å². The SMILES string of the molecule is CCCCCCCCNC(=O)c1ccno1. The fourth-order valence-corrected chi connectivity index (χ4v) is 1.53. The van der Waals surface area contributed by atoms with Crippen molar-refractivity contribution in [2.75, 3.05) is 6.54 Å². The van der Waals surface area contributed by atoms with E-state index in [-0.39, 0.29) is 11.7 Å². The van der Waals surface area contributed by atoms with E-state index >= 15 is 0 Å². The van der Waals surface area contributed by atoms with Crippen LogP contribution in [-0.4, -0.2) is 17.6 Å². The first kappa shape index (κ1) is 12.7. The Labute approximate surface area is 96.4 Å². The second-order valence-corrected chi connectivity index (χ2v) is 3.90. The maximum absolute atomic E-state index is 11.4. The third-order valence-corrected chi connectivity index (χ3v) is 2.48. The Bertz CT molecular complexity index is 283. The van der Waals surface area contributed by atoms with E-state index in [1.54, 1.807) is 6.07 Å². The van der Waals surface area contributed by atoms with Crippen LogP contribution in [0.4, 0.5) is 0 Å². The molecule has 90 valence electrons. The molecule has 0 saturated heterocycles. The summed E-state index contributed by atoms with van der Waals surface area (Å²) in [6, 6.07) is 1.57. The molecular formula is C12H20N2O2. The van der Waals surface area contributed by atoms with Crippen LogP contribution in [-0.2, 0) is 0 Å². The van der Waals surface area contributed by atoms with Crippen molar-refractivity contribution in [2.45, 2.75) is 45.4 Å². The number of carbonyl (C=O) groups excluding carboxylic acids is 1. The van der Waals surface area contributed by atoms with Crippen LogP contribution in [0.25, 0.3) is 0 Å². The zero-order valence-corrected chi connectivity index (χ0v) is 9.87. The first-order chi connectivity index (χ1) is 7.84. The lowest BCUT2D eigenvalue weighted by Crippen LogP contribution is -2.23. The molecule has 0 spiro atoms. The van der Waals surface area contributed by atoms with E-state index in [1.807, 2.05) is 0 Å². The molecule has 1 amide bonds. The molecule has 0 aliphatic rings. The summed E-state index contributed by atoms with van der Waals surface area (Å²) in [5.74, 6) is 0.108. The summed E-state index contributed by atoms with van der Waals surface area (Å²) in [4.78, 5) is 11.4. The molecule has 0 atom stereocenters. The molecule has 0 bridgehead atoms. The van der Waals surface area contributed by atoms with E-state index in [9.17, 15) is 4.79 Å². The van der Waals surface area contributed by atoms with Gasteiger partial charge in [-0.2, -0.15) is 0 Å². The van der Waals surface area contributed by atoms with Gasteiger partial charge in [-0.25, -0.2) is 0 Å². The molecule has 0 radical (unpaired) electrons. The Hall–Kier alpha value is -1.32. The van der Waals surface area contributed by atoms with E-state index in [0.29, 0.717) is 6.54 Å². The van der Waals surface area contributed by atoms with Gasteiger partial charge < -0.3 is 9.84 Å². The first-order valence-corrected chi connectivity index (χ1v) is 6.03. The molecule has 1 heterocycles. The Morgan fingerprint density at radius 2 is 2.06 bits per heavy atom. The summed E-state index contributed by atoms with van der Waals surface area (Å²) in [5, 5.41) is 6.29. The normalized spacial score (nSPS) is 10.3. The van der Waals surface area contributed by atoms with Crippen molar-refractivity contribution in [3.8, 4) is 0 Å². The minimum atomic E-state index is -0.175. The van der Waals surface area contributed by atoms with Gasteiger partial charge in [0, 0.05) is 12.6 Å². The maximum atomic E-state index is 11.4. The molecule has 1 N–H and O–H groups in total. The van der Waals surface area contributed by atoms with Crippen molar-refractivity contribution in [2.24, 2.45) is 0 Å². The van der Waals surface area contributed by atoms with Gasteiger partial charge >= 0.3 is 0 Å². The zero-order valence-electron chi connectivity index (χ0n) is 9.87. The van der Waals surface area contributed by atoms with Crippen molar-refractivity contribution in [3.05, 3.63) is 18.0 Å². The summed E-state index contributed by atoms with van der Waals surface area (Å²) in [6.07, 6.45) is 8.81. The number of unbranched alkanes of at least 4 members (excludes halogenated alkanes) is 5. The van der Waals surface area contributed by atoms with Crippen LogP contribution >= 0.6 is 0 Å². The molecule has 16 heavy (non-hydrogen) atoms. The number of carbonyl (C=O) groups is 1. The van der Waals surface area contributed by atoms with Crippen LogP contribution in [0.1, 0.15) is 56.0 Å². The number of aromatic nitrogens is 1. The average Bonchev–Trinajstić information content (AvgIpc) is 2.81. The highest BCUT2D eigenvalue weighted by Crippen LogP contribution is 2.04.